The Morgan fingerprint density at radius 2 is 1.62 bits per heavy atom. The van der Waals surface area contributed by atoms with E-state index in [9.17, 15) is 27.9 Å². The van der Waals surface area contributed by atoms with Gasteiger partial charge in [-0.25, -0.2) is 32.5 Å². The van der Waals surface area contributed by atoms with Gasteiger partial charge in [-0.05, 0) is 12.1 Å². The van der Waals surface area contributed by atoms with Crippen molar-refractivity contribution in [2.24, 2.45) is 0 Å². The van der Waals surface area contributed by atoms with Crippen LogP contribution in [0.5, 0.6) is 0 Å². The lowest BCUT2D eigenvalue weighted by Crippen LogP contribution is -2.58. The van der Waals surface area contributed by atoms with Crippen molar-refractivity contribution in [1.29, 1.82) is 0 Å². The predicted molar refractivity (Wildman–Crippen MR) is 164 cm³/mol. The number of carbonyl (C=O) groups is 2. The zero-order chi connectivity index (χ0) is 35.5. The number of hydrogen-bond acceptors (Lipinski definition) is 15. The van der Waals surface area contributed by atoms with Gasteiger partial charge in [-0.1, -0.05) is 10.4 Å². The van der Waals surface area contributed by atoms with Crippen LogP contribution in [0.1, 0.15) is 25.9 Å². The number of esters is 2. The Morgan fingerprint density at radius 1 is 0.960 bits per heavy atom. The Bertz CT molecular complexity index is 1800. The lowest BCUT2D eigenvalue weighted by molar-refractivity contribution is -0.208. The molecule has 2 saturated heterocycles. The van der Waals surface area contributed by atoms with Crippen LogP contribution in [0.2, 0.25) is 0 Å². The molecule has 0 bridgehead atoms. The molecule has 16 nitrogen and oxygen atoms in total. The van der Waals surface area contributed by atoms with Gasteiger partial charge >= 0.3 is 11.9 Å². The van der Waals surface area contributed by atoms with Crippen LogP contribution in [-0.4, -0.2) is 119 Å². The van der Waals surface area contributed by atoms with E-state index >= 15 is 0 Å². The highest BCUT2D eigenvalue weighted by molar-refractivity contribution is 8.00. The average Bonchev–Trinajstić information content (AvgIpc) is 3.79. The number of benzene rings is 1. The van der Waals surface area contributed by atoms with E-state index < -0.39 is 76.6 Å². The second-order valence-electron chi connectivity index (χ2n) is 11.4. The van der Waals surface area contributed by atoms with Crippen molar-refractivity contribution in [2.75, 3.05) is 26.9 Å². The summed E-state index contributed by atoms with van der Waals surface area (Å²) in [5.74, 6) is -5.81. The van der Waals surface area contributed by atoms with Crippen molar-refractivity contribution >= 4 is 23.7 Å². The molecule has 2 fully saturated rings. The van der Waals surface area contributed by atoms with E-state index in [1.807, 2.05) is 0 Å². The first-order valence-corrected chi connectivity index (χ1v) is 16.1. The molecule has 5 heterocycles. The molecule has 1 aromatic carbocycles. The summed E-state index contributed by atoms with van der Waals surface area (Å²) in [5.41, 5.74) is 0.0612. The van der Waals surface area contributed by atoms with Gasteiger partial charge in [0.05, 0.1) is 37.0 Å². The zero-order valence-electron chi connectivity index (χ0n) is 26.7. The van der Waals surface area contributed by atoms with Crippen LogP contribution in [0.4, 0.5) is 13.2 Å². The number of thioether (sulfide) groups is 1. The summed E-state index contributed by atoms with van der Waals surface area (Å²) in [7, 11) is 1.38. The number of hydrogen-bond donors (Lipinski definition) is 1. The summed E-state index contributed by atoms with van der Waals surface area (Å²) in [6, 6.07) is -0.130. The monoisotopic (exact) mass is 720 g/mol. The van der Waals surface area contributed by atoms with E-state index in [1.165, 1.54) is 42.8 Å². The number of aromatic nitrogens is 8. The fraction of sp³-hybridized carbons (Fsp3) is 0.467. The molecule has 6 rings (SSSR count). The molecule has 20 heteroatoms. The number of rotatable bonds is 10. The van der Waals surface area contributed by atoms with Gasteiger partial charge in [0.1, 0.15) is 54.0 Å². The Kier molecular flexibility index (Phi) is 10.7. The normalized spacial score (nSPS) is 26.8. The number of ether oxygens (including phenoxy) is 5. The summed E-state index contributed by atoms with van der Waals surface area (Å²) in [6.45, 7) is 2.27. The number of halogens is 3. The van der Waals surface area contributed by atoms with Crippen molar-refractivity contribution in [1.82, 2.24) is 40.0 Å². The first-order valence-electron chi connectivity index (χ1n) is 15.2. The lowest BCUT2D eigenvalue weighted by Gasteiger charge is -2.46. The van der Waals surface area contributed by atoms with Crippen LogP contribution in [0, 0.1) is 17.5 Å². The third kappa shape index (κ3) is 7.48. The molecular formula is C30H31F3N8O8S. The Labute approximate surface area is 286 Å². The first kappa shape index (κ1) is 35.3. The standard InChI is InChI=1S/C30H31F3N8O8S/c1-14(42)47-11-23-28(48-15(2)43)26(41-9-20(36-39-41)16-4-18(31)25(33)19(32)5-16)29(45-3)30(49-23)50-24-12-46-10-22(27(24)44)40-8-21(37-38-40)17-6-34-13-35-7-17/h4-9,13,22-24,26-30,44H,10-12H2,1-3H3. The molecule has 4 aromatic rings. The third-order valence-corrected chi connectivity index (χ3v) is 9.51. The van der Waals surface area contributed by atoms with Crippen LogP contribution < -0.4 is 0 Å². The molecule has 8 atom stereocenters. The van der Waals surface area contributed by atoms with Gasteiger partial charge in [0.2, 0.25) is 0 Å². The van der Waals surface area contributed by atoms with Crippen LogP contribution in [0.3, 0.4) is 0 Å². The van der Waals surface area contributed by atoms with Gasteiger partial charge in [0.25, 0.3) is 0 Å². The highest BCUT2D eigenvalue weighted by Gasteiger charge is 2.52. The van der Waals surface area contributed by atoms with Gasteiger partial charge in [-0.15, -0.1) is 22.0 Å². The van der Waals surface area contributed by atoms with E-state index in [4.69, 9.17) is 23.7 Å². The minimum atomic E-state index is -1.64. The largest absolute Gasteiger partial charge is 0.463 e. The lowest BCUT2D eigenvalue weighted by atomic mass is 9.96. The van der Waals surface area contributed by atoms with E-state index in [2.05, 4.69) is 30.6 Å². The van der Waals surface area contributed by atoms with E-state index in [1.54, 1.807) is 18.6 Å². The molecule has 0 radical (unpaired) electrons. The molecule has 0 aliphatic carbocycles. The Hall–Kier alpha value is -4.50. The molecule has 2 aliphatic rings. The SMILES string of the molecule is COC1C(SC2COCC(n3cc(-c4cncnc4)nn3)C2O)OC(COC(C)=O)C(OC(C)=O)C1n1cc(-c2cc(F)c(F)c(F)c2)nn1. The molecule has 266 valence electrons. The molecule has 0 amide bonds. The topological polar surface area (TPSA) is 188 Å². The summed E-state index contributed by atoms with van der Waals surface area (Å²) >= 11 is 1.16. The quantitative estimate of drug-likeness (QED) is 0.185. The van der Waals surface area contributed by atoms with Crippen molar-refractivity contribution < 1.29 is 51.6 Å². The fourth-order valence-electron chi connectivity index (χ4n) is 5.76. The second-order valence-corrected chi connectivity index (χ2v) is 12.8. The molecule has 0 spiro atoms. The van der Waals surface area contributed by atoms with Crippen molar-refractivity contribution in [3.8, 4) is 22.5 Å². The Morgan fingerprint density at radius 3 is 2.28 bits per heavy atom. The molecule has 8 unspecified atom stereocenters. The number of nitrogens with zero attached hydrogens (tertiary/aromatic N) is 8. The number of methoxy groups -OCH3 is 1. The maximum Gasteiger partial charge on any atom is 0.303 e. The summed E-state index contributed by atoms with van der Waals surface area (Å²) in [6.07, 6.45) is 3.26. The van der Waals surface area contributed by atoms with Gasteiger partial charge in [0, 0.05) is 44.5 Å². The maximum atomic E-state index is 14.1. The molecule has 0 saturated carbocycles. The van der Waals surface area contributed by atoms with Crippen LogP contribution in [-0.2, 0) is 33.3 Å². The second kappa shape index (κ2) is 15.2. The predicted octanol–water partition coefficient (Wildman–Crippen LogP) is 1.92. The number of carbonyl (C=O) groups excluding carboxylic acids is 2. The molecular weight excluding hydrogens is 689 g/mol. The van der Waals surface area contributed by atoms with Gasteiger partial charge in [-0.2, -0.15) is 0 Å². The average molecular weight is 721 g/mol. The highest BCUT2D eigenvalue weighted by Crippen LogP contribution is 2.42. The third-order valence-electron chi connectivity index (χ3n) is 8.10. The maximum absolute atomic E-state index is 14.1. The van der Waals surface area contributed by atoms with Gasteiger partial charge in [-0.3, -0.25) is 9.59 Å². The number of aliphatic hydroxyl groups is 1. The van der Waals surface area contributed by atoms with Crippen LogP contribution in [0.15, 0.2) is 43.2 Å². The number of aliphatic hydroxyl groups excluding tert-OH is 1. The first-order chi connectivity index (χ1) is 24.0. The van der Waals surface area contributed by atoms with Crippen LogP contribution in [0.25, 0.3) is 22.5 Å². The summed E-state index contributed by atoms with van der Waals surface area (Å²) in [4.78, 5) is 32.2. The van der Waals surface area contributed by atoms with Crippen molar-refractivity contribution in [3.63, 3.8) is 0 Å². The fourth-order valence-corrected chi connectivity index (χ4v) is 7.26. The molecule has 50 heavy (non-hydrogen) atoms. The summed E-state index contributed by atoms with van der Waals surface area (Å²) < 4.78 is 73.7. The minimum Gasteiger partial charge on any atom is -0.463 e. The van der Waals surface area contributed by atoms with E-state index in [0.29, 0.717) is 11.3 Å². The highest BCUT2D eigenvalue weighted by atomic mass is 32.2. The van der Waals surface area contributed by atoms with Gasteiger partial charge < -0.3 is 28.8 Å². The summed E-state index contributed by atoms with van der Waals surface area (Å²) in [5, 5.41) is 27.5. The molecule has 2 aliphatic heterocycles. The molecule has 1 N–H and O–H groups in total. The smallest absolute Gasteiger partial charge is 0.303 e. The van der Waals surface area contributed by atoms with Crippen molar-refractivity contribution in [3.05, 3.63) is 60.7 Å². The van der Waals surface area contributed by atoms with Gasteiger partial charge in [0.15, 0.2) is 23.6 Å². The Balaban J connectivity index is 1.30. The van der Waals surface area contributed by atoms with E-state index in [0.717, 1.165) is 23.9 Å². The van der Waals surface area contributed by atoms with Crippen LogP contribution >= 0.6 is 11.8 Å². The van der Waals surface area contributed by atoms with Crippen molar-refractivity contribution in [2.45, 2.75) is 61.0 Å². The molecule has 3 aromatic heterocycles. The van der Waals surface area contributed by atoms with E-state index in [-0.39, 0.29) is 31.1 Å². The zero-order valence-corrected chi connectivity index (χ0v) is 27.5. The minimum absolute atomic E-state index is 0.0281.